The largest absolute Gasteiger partial charge is 0.332 e. The molecule has 1 aliphatic carbocycles. The number of aromatic nitrogens is 2. The van der Waals surface area contributed by atoms with E-state index in [1.54, 1.807) is 12.4 Å². The number of amides is 1. The van der Waals surface area contributed by atoms with E-state index in [0.717, 1.165) is 57.2 Å². The molecule has 3 fully saturated rings. The number of nitrogens with two attached hydrogens (primary N) is 1. The second kappa shape index (κ2) is 6.76. The Morgan fingerprint density at radius 3 is 2.71 bits per heavy atom. The number of carbonyl (C=O) groups excluding carboxylic acids is 1. The number of piperidine rings is 1. The van der Waals surface area contributed by atoms with Gasteiger partial charge in [-0.05, 0) is 50.6 Å². The Bertz CT molecular complexity index is 576. The van der Waals surface area contributed by atoms with Gasteiger partial charge in [-0.25, -0.2) is 9.97 Å². The van der Waals surface area contributed by atoms with Crippen molar-refractivity contribution in [2.75, 3.05) is 26.2 Å². The lowest BCUT2D eigenvalue weighted by Gasteiger charge is -2.38. The first-order chi connectivity index (χ1) is 11.7. The van der Waals surface area contributed by atoms with Gasteiger partial charge < -0.3 is 15.5 Å². The van der Waals surface area contributed by atoms with E-state index in [9.17, 15) is 4.79 Å². The summed E-state index contributed by atoms with van der Waals surface area (Å²) < 4.78 is 0. The van der Waals surface area contributed by atoms with Gasteiger partial charge in [-0.2, -0.15) is 0 Å². The third-order valence-corrected chi connectivity index (χ3v) is 5.70. The van der Waals surface area contributed by atoms with Crippen molar-refractivity contribution in [3.05, 3.63) is 24.3 Å². The highest BCUT2D eigenvalue weighted by molar-refractivity contribution is 5.80. The molecule has 3 aliphatic rings. The van der Waals surface area contributed by atoms with Gasteiger partial charge in [0, 0.05) is 38.1 Å². The van der Waals surface area contributed by atoms with Gasteiger partial charge in [0.25, 0.3) is 0 Å². The van der Waals surface area contributed by atoms with E-state index in [4.69, 9.17) is 5.73 Å². The van der Waals surface area contributed by atoms with E-state index in [1.165, 1.54) is 12.8 Å². The van der Waals surface area contributed by atoms with Crippen LogP contribution >= 0.6 is 0 Å². The molecule has 0 spiro atoms. The van der Waals surface area contributed by atoms with E-state index in [-0.39, 0.29) is 23.9 Å². The maximum atomic E-state index is 13.2. The molecule has 1 saturated carbocycles. The summed E-state index contributed by atoms with van der Waals surface area (Å²) in [6.45, 7) is 3.79. The molecule has 24 heavy (non-hydrogen) atoms. The second-order valence-electron chi connectivity index (χ2n) is 7.56. The molecule has 0 aromatic carbocycles. The monoisotopic (exact) mass is 329 g/mol. The van der Waals surface area contributed by atoms with Crippen molar-refractivity contribution in [3.63, 3.8) is 0 Å². The molecule has 6 nitrogen and oxygen atoms in total. The Morgan fingerprint density at radius 1 is 1.17 bits per heavy atom. The molecule has 1 unspecified atom stereocenters. The minimum Gasteiger partial charge on any atom is -0.332 e. The number of likely N-dealkylation sites (tertiary alicyclic amines) is 2. The zero-order valence-corrected chi connectivity index (χ0v) is 14.2. The highest BCUT2D eigenvalue weighted by atomic mass is 16.2. The highest BCUT2D eigenvalue weighted by Gasteiger charge is 2.40. The first kappa shape index (κ1) is 16.0. The smallest absolute Gasteiger partial charge is 0.229 e. The zero-order valence-electron chi connectivity index (χ0n) is 14.2. The van der Waals surface area contributed by atoms with Crippen molar-refractivity contribution in [2.24, 2.45) is 17.6 Å². The SMILES string of the molecule is N[C@H]1CCN(CC2CC2)C[C@@H]1C(=O)N1CCCC1c1ncccn1. The molecule has 6 heteroatoms. The fraction of sp³-hybridized carbons (Fsp3) is 0.722. The van der Waals surface area contributed by atoms with Crippen LogP contribution in [0.2, 0.25) is 0 Å². The lowest BCUT2D eigenvalue weighted by molar-refractivity contribution is -0.139. The number of carbonyl (C=O) groups is 1. The van der Waals surface area contributed by atoms with Crippen LogP contribution in [0.15, 0.2) is 18.5 Å². The van der Waals surface area contributed by atoms with Gasteiger partial charge in [-0.15, -0.1) is 0 Å². The lowest BCUT2D eigenvalue weighted by Crippen LogP contribution is -2.54. The van der Waals surface area contributed by atoms with Gasteiger partial charge in [0.05, 0.1) is 12.0 Å². The minimum absolute atomic E-state index is 0.0182. The zero-order chi connectivity index (χ0) is 16.5. The number of hydrogen-bond donors (Lipinski definition) is 1. The Hall–Kier alpha value is -1.53. The number of rotatable bonds is 4. The van der Waals surface area contributed by atoms with Crippen LogP contribution in [0.1, 0.15) is 44.0 Å². The molecule has 4 rings (SSSR count). The van der Waals surface area contributed by atoms with Crippen LogP contribution < -0.4 is 5.73 Å². The highest BCUT2D eigenvalue weighted by Crippen LogP contribution is 2.34. The second-order valence-corrected chi connectivity index (χ2v) is 7.56. The molecular formula is C18H27N5O. The number of nitrogens with zero attached hydrogens (tertiary/aromatic N) is 4. The molecular weight excluding hydrogens is 302 g/mol. The summed E-state index contributed by atoms with van der Waals surface area (Å²) in [6, 6.07) is 1.81. The summed E-state index contributed by atoms with van der Waals surface area (Å²) in [7, 11) is 0. The first-order valence-electron chi connectivity index (χ1n) is 9.27. The lowest BCUT2D eigenvalue weighted by atomic mass is 9.91. The van der Waals surface area contributed by atoms with E-state index >= 15 is 0 Å². The molecule has 1 aromatic heterocycles. The fourth-order valence-electron chi connectivity index (χ4n) is 4.12. The predicted molar refractivity (Wildman–Crippen MR) is 91.0 cm³/mol. The number of hydrogen-bond acceptors (Lipinski definition) is 5. The molecule has 1 amide bonds. The molecule has 3 atom stereocenters. The van der Waals surface area contributed by atoms with Crippen molar-refractivity contribution < 1.29 is 4.79 Å². The summed E-state index contributed by atoms with van der Waals surface area (Å²) in [6.07, 6.45) is 9.09. The standard InChI is InChI=1S/C18H27N5O/c19-15-6-10-22(11-13-4-5-13)12-14(15)18(24)23-9-1-3-16(23)17-20-7-2-8-21-17/h2,7-8,13-16H,1,3-6,9-12,19H2/t14-,15-,16?/m0/s1. The molecule has 0 bridgehead atoms. The van der Waals surface area contributed by atoms with Gasteiger partial charge in [-0.1, -0.05) is 0 Å². The normalized spacial score (nSPS) is 31.4. The van der Waals surface area contributed by atoms with E-state index in [2.05, 4.69) is 14.9 Å². The maximum Gasteiger partial charge on any atom is 0.229 e. The van der Waals surface area contributed by atoms with E-state index in [0.29, 0.717) is 0 Å². The molecule has 0 radical (unpaired) electrons. The quantitative estimate of drug-likeness (QED) is 0.898. The van der Waals surface area contributed by atoms with Crippen molar-refractivity contribution in [3.8, 4) is 0 Å². The molecule has 2 aliphatic heterocycles. The van der Waals surface area contributed by atoms with Gasteiger partial charge in [0.1, 0.15) is 0 Å². The minimum atomic E-state index is -0.0817. The summed E-state index contributed by atoms with van der Waals surface area (Å²) in [4.78, 5) is 26.4. The molecule has 2 N–H and O–H groups in total. The van der Waals surface area contributed by atoms with Crippen LogP contribution in [0.3, 0.4) is 0 Å². The molecule has 130 valence electrons. The van der Waals surface area contributed by atoms with Crippen molar-refractivity contribution >= 4 is 5.91 Å². The summed E-state index contributed by atoms with van der Waals surface area (Å²) >= 11 is 0. The van der Waals surface area contributed by atoms with Gasteiger partial charge in [0.15, 0.2) is 5.82 Å². The van der Waals surface area contributed by atoms with Crippen molar-refractivity contribution in [2.45, 2.75) is 44.2 Å². The topological polar surface area (TPSA) is 75.3 Å². The van der Waals surface area contributed by atoms with Crippen LogP contribution in [0.25, 0.3) is 0 Å². The van der Waals surface area contributed by atoms with Gasteiger partial charge in [-0.3, -0.25) is 4.79 Å². The Morgan fingerprint density at radius 2 is 1.96 bits per heavy atom. The third-order valence-electron chi connectivity index (χ3n) is 5.70. The third kappa shape index (κ3) is 3.30. The van der Waals surface area contributed by atoms with Crippen LogP contribution in [0.4, 0.5) is 0 Å². The summed E-state index contributed by atoms with van der Waals surface area (Å²) in [5, 5.41) is 0. The van der Waals surface area contributed by atoms with Crippen LogP contribution in [-0.4, -0.2) is 57.9 Å². The Labute approximate surface area is 143 Å². The molecule has 3 heterocycles. The van der Waals surface area contributed by atoms with Crippen LogP contribution in [0.5, 0.6) is 0 Å². The first-order valence-corrected chi connectivity index (χ1v) is 9.27. The Kier molecular flexibility index (Phi) is 4.50. The molecule has 1 aromatic rings. The average molecular weight is 329 g/mol. The maximum absolute atomic E-state index is 13.2. The van der Waals surface area contributed by atoms with E-state index < -0.39 is 0 Å². The molecule has 2 saturated heterocycles. The predicted octanol–water partition coefficient (Wildman–Crippen LogP) is 1.20. The van der Waals surface area contributed by atoms with Crippen molar-refractivity contribution in [1.82, 2.24) is 19.8 Å². The van der Waals surface area contributed by atoms with Crippen LogP contribution in [0, 0.1) is 11.8 Å². The van der Waals surface area contributed by atoms with Crippen molar-refractivity contribution in [1.29, 1.82) is 0 Å². The summed E-state index contributed by atoms with van der Waals surface area (Å²) in [5.74, 6) is 1.75. The van der Waals surface area contributed by atoms with Gasteiger partial charge in [0.2, 0.25) is 5.91 Å². The average Bonchev–Trinajstić information content (AvgIpc) is 3.29. The fourth-order valence-corrected chi connectivity index (χ4v) is 4.12. The van der Waals surface area contributed by atoms with Crippen LogP contribution in [-0.2, 0) is 4.79 Å². The summed E-state index contributed by atoms with van der Waals surface area (Å²) in [5.41, 5.74) is 6.33. The Balaban J connectivity index is 1.46. The van der Waals surface area contributed by atoms with Gasteiger partial charge >= 0.3 is 0 Å². The van der Waals surface area contributed by atoms with E-state index in [1.807, 2.05) is 11.0 Å².